The second-order valence-electron chi connectivity index (χ2n) is 20.6. The van der Waals surface area contributed by atoms with E-state index in [1.807, 2.05) is 51.1 Å². The average molecular weight is 1020 g/mol. The van der Waals surface area contributed by atoms with E-state index in [0.29, 0.717) is 60.3 Å². The van der Waals surface area contributed by atoms with Crippen LogP contribution in [0.2, 0.25) is 0 Å². The monoisotopic (exact) mass is 1020 g/mol. The Hall–Kier alpha value is -4.77. The molecule has 3 N–H and O–H groups in total. The Morgan fingerprint density at radius 3 is 2.13 bits per heavy atom. The Morgan fingerprint density at radius 1 is 0.912 bits per heavy atom. The summed E-state index contributed by atoms with van der Waals surface area (Å²) in [5, 5.41) is 16.7. The van der Waals surface area contributed by atoms with Crippen LogP contribution >= 0.6 is 27.7 Å². The first kappa shape index (κ1) is 54.2. The van der Waals surface area contributed by atoms with Crippen LogP contribution in [0.25, 0.3) is 0 Å². The number of halogens is 1. The number of carbonyl (C=O) groups excluding carboxylic acids is 7. The Morgan fingerprint density at radius 2 is 1.53 bits per heavy atom. The van der Waals surface area contributed by atoms with Crippen LogP contribution in [0.5, 0.6) is 5.75 Å². The van der Waals surface area contributed by atoms with Gasteiger partial charge in [-0.3, -0.25) is 38.6 Å². The van der Waals surface area contributed by atoms with Crippen LogP contribution < -0.4 is 10.6 Å². The number of nitrogens with zero attached hydrogens (tertiary/aromatic N) is 5. The summed E-state index contributed by atoms with van der Waals surface area (Å²) in [5.74, 6) is -1.91. The van der Waals surface area contributed by atoms with Gasteiger partial charge < -0.3 is 35.3 Å². The first-order chi connectivity index (χ1) is 31.9. The number of hydrogen-bond donors (Lipinski definition) is 3. The molecule has 0 bridgehead atoms. The number of amides is 6. The SMILES string of the molecule is CCC(=O)[C@@H]1CCCN1C(=O)[C@H](Cc1ccccc1)N(C)C(=O)[C@@H](CC(C)C)NC(=O)[C@@]1(C)CSC([C@@H]2C[C@H](C)CN2C(=O)[C@@H](Cc2ccc(O)c(Br)c2)N(C)C(=O)[C@@H](C)NC(=O)C(C)(C)C)=N1. The van der Waals surface area contributed by atoms with Gasteiger partial charge in [0, 0.05) is 57.6 Å². The van der Waals surface area contributed by atoms with Crippen LogP contribution in [0.4, 0.5) is 0 Å². The second kappa shape index (κ2) is 22.8. The van der Waals surface area contributed by atoms with Crippen molar-refractivity contribution < 1.29 is 38.7 Å². The number of phenolic OH excluding ortho intramolecular Hbond substituents is 1. The minimum atomic E-state index is -1.30. The quantitative estimate of drug-likeness (QED) is 0.166. The molecule has 2 fully saturated rings. The zero-order valence-electron chi connectivity index (χ0n) is 41.6. The highest BCUT2D eigenvalue weighted by atomic mass is 79.9. The number of thioether (sulfide) groups is 1. The summed E-state index contributed by atoms with van der Waals surface area (Å²) in [5.41, 5.74) is -0.496. The average Bonchev–Trinajstić information content (AvgIpc) is 4.05. The Kier molecular flexibility index (Phi) is 18.1. The number of benzene rings is 2. The lowest BCUT2D eigenvalue weighted by Gasteiger charge is -2.36. The molecule has 68 heavy (non-hydrogen) atoms. The Labute approximate surface area is 415 Å². The molecule has 0 radical (unpaired) electrons. The van der Waals surface area contributed by atoms with E-state index in [2.05, 4.69) is 26.6 Å². The molecular formula is C51H72BrN7O8S. The molecule has 372 valence electrons. The van der Waals surface area contributed by atoms with Crippen LogP contribution in [-0.4, -0.2) is 146 Å². The molecule has 5 rings (SSSR count). The van der Waals surface area contributed by atoms with Gasteiger partial charge in [0.05, 0.1) is 21.6 Å². The molecule has 3 aliphatic heterocycles. The van der Waals surface area contributed by atoms with Gasteiger partial charge >= 0.3 is 0 Å². The van der Waals surface area contributed by atoms with Crippen molar-refractivity contribution in [1.29, 1.82) is 0 Å². The number of ketones is 1. The molecular weight excluding hydrogens is 951 g/mol. The van der Waals surface area contributed by atoms with E-state index in [0.717, 1.165) is 5.56 Å². The lowest BCUT2D eigenvalue weighted by Crippen LogP contribution is -2.58. The van der Waals surface area contributed by atoms with Crippen LogP contribution in [0, 0.1) is 17.3 Å². The maximum absolute atomic E-state index is 15.0. The third-order valence-corrected chi connectivity index (χ3v) is 15.3. The zero-order chi connectivity index (χ0) is 50.4. The molecule has 0 unspecified atom stereocenters. The molecule has 3 heterocycles. The van der Waals surface area contributed by atoms with Crippen LogP contribution in [0.3, 0.4) is 0 Å². The van der Waals surface area contributed by atoms with Crippen molar-refractivity contribution in [2.75, 3.05) is 32.9 Å². The minimum absolute atomic E-state index is 0.00572. The Bertz CT molecular complexity index is 2240. The molecule has 8 atom stereocenters. The van der Waals surface area contributed by atoms with Gasteiger partial charge in [-0.25, -0.2) is 0 Å². The van der Waals surface area contributed by atoms with Crippen molar-refractivity contribution >= 4 is 74.0 Å². The third kappa shape index (κ3) is 12.9. The molecule has 15 nitrogen and oxygen atoms in total. The van der Waals surface area contributed by atoms with Crippen LogP contribution in [0.15, 0.2) is 58.0 Å². The maximum Gasteiger partial charge on any atom is 0.249 e. The zero-order valence-corrected chi connectivity index (χ0v) is 44.0. The van der Waals surface area contributed by atoms with Crippen molar-refractivity contribution in [3.05, 3.63) is 64.1 Å². The van der Waals surface area contributed by atoms with E-state index < -0.39 is 64.9 Å². The third-order valence-electron chi connectivity index (χ3n) is 13.3. The fourth-order valence-corrected chi connectivity index (χ4v) is 10.9. The first-order valence-electron chi connectivity index (χ1n) is 23.9. The van der Waals surface area contributed by atoms with Gasteiger partial charge in [0.1, 0.15) is 35.5 Å². The number of aliphatic imine (C=N–C) groups is 1. The molecule has 2 aromatic carbocycles. The fourth-order valence-electron chi connectivity index (χ4n) is 9.17. The van der Waals surface area contributed by atoms with Gasteiger partial charge in [-0.1, -0.05) is 84.9 Å². The molecule has 2 aromatic rings. The largest absolute Gasteiger partial charge is 0.507 e. The summed E-state index contributed by atoms with van der Waals surface area (Å²) < 4.78 is 0.438. The smallest absolute Gasteiger partial charge is 0.249 e. The number of rotatable bonds is 18. The summed E-state index contributed by atoms with van der Waals surface area (Å²) >= 11 is 4.76. The highest BCUT2D eigenvalue weighted by Gasteiger charge is 2.48. The minimum Gasteiger partial charge on any atom is -0.507 e. The summed E-state index contributed by atoms with van der Waals surface area (Å²) in [6.07, 6.45) is 2.80. The standard InChI is InChI=1S/C51H72BrN7O8S/c1-12-41(60)37-19-16-22-58(37)46(64)39(26-33-17-14-13-15-18-33)57(11)45(63)36(23-30(2)3)54-49(67)51(9)29-68-43(55-51)38-24-31(4)28-59(38)47(65)40(27-34-20-21-42(61)35(52)25-34)56(10)44(62)32(5)53-48(66)50(6,7)8/h13-15,17-18,20-21,25,30-32,36-40,61H,12,16,19,22-24,26-29H2,1-11H3,(H,53,66)(H,54,67)/t31-,32+,36+,37-,38-,39-,40+,51+/m0/s1. The molecule has 0 aliphatic carbocycles. The van der Waals surface area contributed by atoms with Crippen LogP contribution in [0.1, 0.15) is 106 Å². The number of phenols is 1. The predicted octanol–water partition coefficient (Wildman–Crippen LogP) is 5.79. The van der Waals surface area contributed by atoms with Crippen molar-refractivity contribution in [3.8, 4) is 5.75 Å². The highest BCUT2D eigenvalue weighted by Crippen LogP contribution is 2.37. The van der Waals surface area contributed by atoms with E-state index in [-0.39, 0.29) is 59.7 Å². The molecule has 0 spiro atoms. The van der Waals surface area contributed by atoms with E-state index in [1.165, 1.54) is 27.6 Å². The van der Waals surface area contributed by atoms with E-state index in [1.54, 1.807) is 77.6 Å². The maximum atomic E-state index is 15.0. The highest BCUT2D eigenvalue weighted by molar-refractivity contribution is 9.10. The summed E-state index contributed by atoms with van der Waals surface area (Å²) in [4.78, 5) is 110. The van der Waals surface area contributed by atoms with Crippen LogP contribution in [-0.2, 0) is 46.4 Å². The Balaban J connectivity index is 1.40. The van der Waals surface area contributed by atoms with Gasteiger partial charge in [-0.05, 0) is 90.6 Å². The van der Waals surface area contributed by atoms with Crippen molar-refractivity contribution in [3.63, 3.8) is 0 Å². The number of hydrogen-bond acceptors (Lipinski definition) is 10. The van der Waals surface area contributed by atoms with E-state index in [4.69, 9.17) is 4.99 Å². The van der Waals surface area contributed by atoms with Gasteiger partial charge in [0.2, 0.25) is 35.4 Å². The van der Waals surface area contributed by atoms with Crippen molar-refractivity contribution in [2.24, 2.45) is 22.2 Å². The summed E-state index contributed by atoms with van der Waals surface area (Å²) in [6.45, 7) is 17.1. The number of nitrogens with one attached hydrogen (secondary N) is 2. The van der Waals surface area contributed by atoms with Gasteiger partial charge in [0.25, 0.3) is 0 Å². The van der Waals surface area contributed by atoms with Gasteiger partial charge in [-0.2, -0.15) is 0 Å². The molecule has 3 aliphatic rings. The topological polar surface area (TPSA) is 189 Å². The van der Waals surface area contributed by atoms with Crippen molar-refractivity contribution in [1.82, 2.24) is 30.2 Å². The molecule has 6 amide bonds. The molecule has 17 heteroatoms. The number of Topliss-reactive ketones (excluding diaryl/α,β-unsaturated/α-hetero) is 1. The normalized spacial score (nSPS) is 22.2. The fraction of sp³-hybridized carbons (Fsp3) is 0.608. The van der Waals surface area contributed by atoms with E-state index >= 15 is 0 Å². The number of carbonyl (C=O) groups is 7. The lowest BCUT2D eigenvalue weighted by molar-refractivity contribution is -0.148. The lowest BCUT2D eigenvalue weighted by atomic mass is 9.95. The number of aromatic hydroxyl groups is 1. The molecule has 0 saturated carbocycles. The number of likely N-dealkylation sites (tertiary alicyclic amines) is 2. The number of likely N-dealkylation sites (N-methyl/N-ethyl adjacent to an activating group) is 2. The van der Waals surface area contributed by atoms with Gasteiger partial charge in [-0.15, -0.1) is 11.8 Å². The molecule has 0 aromatic heterocycles. The van der Waals surface area contributed by atoms with Crippen molar-refractivity contribution in [2.45, 2.75) is 149 Å². The first-order valence-corrected chi connectivity index (χ1v) is 25.7. The van der Waals surface area contributed by atoms with Gasteiger partial charge in [0.15, 0.2) is 5.78 Å². The summed E-state index contributed by atoms with van der Waals surface area (Å²) in [7, 11) is 3.15. The van der Waals surface area contributed by atoms with E-state index in [9.17, 15) is 38.7 Å². The summed E-state index contributed by atoms with van der Waals surface area (Å²) in [6, 6.07) is 9.52. The second-order valence-corrected chi connectivity index (χ2v) is 22.4. The predicted molar refractivity (Wildman–Crippen MR) is 269 cm³/mol. The molecule has 2 saturated heterocycles.